The van der Waals surface area contributed by atoms with Gasteiger partial charge in [0.25, 0.3) is 10.0 Å². The summed E-state index contributed by atoms with van der Waals surface area (Å²) in [5.74, 6) is -2.68. The number of aromatic nitrogens is 1. The van der Waals surface area contributed by atoms with Crippen LogP contribution in [0.1, 0.15) is 16.9 Å². The number of ether oxygens (including phenoxy) is 1. The normalized spacial score (nSPS) is 12.9. The Balaban J connectivity index is 1.93. The molecule has 3 rings (SSSR count). The van der Waals surface area contributed by atoms with Crippen LogP contribution in [-0.2, 0) is 14.6 Å². The lowest BCUT2D eigenvalue weighted by Gasteiger charge is -2.20. The highest BCUT2D eigenvalue weighted by atomic mass is 32.2. The third-order valence-electron chi connectivity index (χ3n) is 4.11. The summed E-state index contributed by atoms with van der Waals surface area (Å²) in [6.07, 6.45) is 1.49. The van der Waals surface area contributed by atoms with Gasteiger partial charge in [0.15, 0.2) is 0 Å². The van der Waals surface area contributed by atoms with Gasteiger partial charge in [0.1, 0.15) is 21.9 Å². The largest absolute Gasteiger partial charge is 0.481 e. The number of rotatable bonds is 7. The zero-order valence-electron chi connectivity index (χ0n) is 15.8. The van der Waals surface area contributed by atoms with Gasteiger partial charge in [-0.2, -0.15) is 9.98 Å². The summed E-state index contributed by atoms with van der Waals surface area (Å²) >= 11 is 0.862. The molecule has 0 spiro atoms. The van der Waals surface area contributed by atoms with Gasteiger partial charge >= 0.3 is 7.60 Å². The highest BCUT2D eigenvalue weighted by molar-refractivity contribution is 7.92. The molecule has 0 radical (unpaired) electrons. The summed E-state index contributed by atoms with van der Waals surface area (Å²) in [7, 11) is -7.99. The number of halogens is 1. The van der Waals surface area contributed by atoms with Crippen molar-refractivity contribution in [3.63, 3.8) is 0 Å². The van der Waals surface area contributed by atoms with Gasteiger partial charge in [-0.05, 0) is 35.9 Å². The van der Waals surface area contributed by atoms with Crippen LogP contribution < -0.4 is 9.46 Å². The maximum atomic E-state index is 13.9. The standard InChI is InChI=1S/C18H15FN3O6PS2/c1-28-16-6-4-13(10-21-16)15-5-7-17(30-15)31(26,27)22-18(29(23,24)25)11-2-3-12(9-20)14(19)8-11/h2-8,10,18,22H,1H3,(H2,23,24,25). The number of hydrogen-bond acceptors (Lipinski definition) is 7. The number of hydrogen-bond donors (Lipinski definition) is 3. The molecule has 0 fully saturated rings. The summed E-state index contributed by atoms with van der Waals surface area (Å²) in [4.78, 5) is 23.9. The lowest BCUT2D eigenvalue weighted by atomic mass is 10.1. The van der Waals surface area contributed by atoms with E-state index in [-0.39, 0.29) is 15.3 Å². The van der Waals surface area contributed by atoms with Crippen LogP contribution in [0.3, 0.4) is 0 Å². The molecule has 1 atom stereocenters. The summed E-state index contributed by atoms with van der Waals surface area (Å²) in [6, 6.07) is 10.5. The number of pyridine rings is 1. The van der Waals surface area contributed by atoms with E-state index in [4.69, 9.17) is 10.00 Å². The smallest absolute Gasteiger partial charge is 0.347 e. The highest BCUT2D eigenvalue weighted by Crippen LogP contribution is 2.51. The molecule has 1 aromatic carbocycles. The first kappa shape index (κ1) is 23.0. The fourth-order valence-electron chi connectivity index (χ4n) is 2.59. The van der Waals surface area contributed by atoms with E-state index in [1.807, 2.05) is 4.72 Å². The first-order valence-electron chi connectivity index (χ1n) is 8.42. The van der Waals surface area contributed by atoms with Crippen LogP contribution in [0.2, 0.25) is 0 Å². The van der Waals surface area contributed by atoms with E-state index in [0.717, 1.165) is 23.5 Å². The number of sulfonamides is 1. The molecule has 2 aromatic heterocycles. The predicted octanol–water partition coefficient (Wildman–Crippen LogP) is 2.98. The molecular formula is C18H15FN3O6PS2. The number of benzene rings is 1. The van der Waals surface area contributed by atoms with Gasteiger partial charge < -0.3 is 14.5 Å². The minimum atomic E-state index is -5.08. The molecule has 162 valence electrons. The average molecular weight is 483 g/mol. The van der Waals surface area contributed by atoms with E-state index in [0.29, 0.717) is 22.4 Å². The quantitative estimate of drug-likeness (QED) is 0.434. The van der Waals surface area contributed by atoms with Crippen molar-refractivity contribution in [3.8, 4) is 22.4 Å². The molecular weight excluding hydrogens is 468 g/mol. The molecule has 0 saturated carbocycles. The van der Waals surface area contributed by atoms with Crippen molar-refractivity contribution in [3.05, 3.63) is 65.6 Å². The zero-order valence-corrected chi connectivity index (χ0v) is 18.3. The molecule has 0 aliphatic carbocycles. The molecule has 0 amide bonds. The Hall–Kier alpha value is -2.65. The Morgan fingerprint density at radius 3 is 2.55 bits per heavy atom. The molecule has 9 nitrogen and oxygen atoms in total. The third kappa shape index (κ3) is 5.16. The van der Waals surface area contributed by atoms with Crippen LogP contribution >= 0.6 is 18.9 Å². The maximum Gasteiger partial charge on any atom is 0.347 e. The molecule has 3 aromatic rings. The molecule has 1 unspecified atom stereocenters. The van der Waals surface area contributed by atoms with E-state index in [1.54, 1.807) is 18.2 Å². The summed E-state index contributed by atoms with van der Waals surface area (Å²) < 4.78 is 58.2. The van der Waals surface area contributed by atoms with Crippen LogP contribution in [0.5, 0.6) is 5.88 Å². The van der Waals surface area contributed by atoms with Crippen molar-refractivity contribution in [2.24, 2.45) is 0 Å². The van der Waals surface area contributed by atoms with Crippen LogP contribution in [0.25, 0.3) is 10.4 Å². The van der Waals surface area contributed by atoms with Crippen LogP contribution in [-0.4, -0.2) is 30.3 Å². The Morgan fingerprint density at radius 1 is 1.26 bits per heavy atom. The minimum Gasteiger partial charge on any atom is -0.481 e. The highest BCUT2D eigenvalue weighted by Gasteiger charge is 2.36. The molecule has 13 heteroatoms. The molecule has 0 aliphatic rings. The minimum absolute atomic E-state index is 0.203. The Kier molecular flexibility index (Phi) is 6.56. The first-order chi connectivity index (χ1) is 14.5. The number of thiophene rings is 1. The number of nitrogens with one attached hydrogen (secondary N) is 1. The number of methoxy groups -OCH3 is 1. The molecule has 0 aliphatic heterocycles. The van der Waals surface area contributed by atoms with Gasteiger partial charge in [-0.15, -0.1) is 11.3 Å². The van der Waals surface area contributed by atoms with Gasteiger partial charge in [0.2, 0.25) is 5.88 Å². The lowest BCUT2D eigenvalue weighted by molar-refractivity contribution is 0.355. The predicted molar refractivity (Wildman–Crippen MR) is 110 cm³/mol. The number of nitriles is 1. The second-order valence-corrected chi connectivity index (χ2v) is 10.9. The zero-order chi connectivity index (χ0) is 22.8. The molecule has 3 N–H and O–H groups in total. The maximum absolute atomic E-state index is 13.9. The fourth-order valence-corrected chi connectivity index (χ4v) is 6.48. The van der Waals surface area contributed by atoms with E-state index in [2.05, 4.69) is 4.98 Å². The van der Waals surface area contributed by atoms with Crippen LogP contribution in [0.15, 0.2) is 52.9 Å². The molecule has 0 bridgehead atoms. The van der Waals surface area contributed by atoms with E-state index in [1.165, 1.54) is 25.4 Å². The van der Waals surface area contributed by atoms with Crippen LogP contribution in [0.4, 0.5) is 4.39 Å². The lowest BCUT2D eigenvalue weighted by Crippen LogP contribution is -2.28. The topological polar surface area (TPSA) is 150 Å². The monoisotopic (exact) mass is 483 g/mol. The Labute approximate surface area is 181 Å². The van der Waals surface area contributed by atoms with Gasteiger partial charge in [0.05, 0.1) is 12.7 Å². The molecule has 31 heavy (non-hydrogen) atoms. The Bertz CT molecular complexity index is 1300. The van der Waals surface area contributed by atoms with Crippen molar-refractivity contribution in [1.29, 1.82) is 5.26 Å². The van der Waals surface area contributed by atoms with Crippen molar-refractivity contribution in [2.75, 3.05) is 7.11 Å². The first-order valence-corrected chi connectivity index (χ1v) is 12.4. The molecule has 2 heterocycles. The second-order valence-electron chi connectivity index (χ2n) is 6.17. The summed E-state index contributed by atoms with van der Waals surface area (Å²) in [6.45, 7) is 0. The summed E-state index contributed by atoms with van der Waals surface area (Å²) in [5, 5.41) is 8.80. The van der Waals surface area contributed by atoms with Crippen LogP contribution in [0, 0.1) is 17.1 Å². The fraction of sp³-hybridized carbons (Fsp3) is 0.111. The van der Waals surface area contributed by atoms with Gasteiger partial charge in [0, 0.05) is 22.7 Å². The van der Waals surface area contributed by atoms with Crippen molar-refractivity contribution in [2.45, 2.75) is 9.99 Å². The SMILES string of the molecule is COc1ccc(-c2ccc(S(=O)(=O)NC(c3ccc(C#N)c(F)c3)P(=O)(O)O)s2)cn1. The second kappa shape index (κ2) is 8.84. The van der Waals surface area contributed by atoms with E-state index < -0.39 is 29.2 Å². The Morgan fingerprint density at radius 2 is 2.00 bits per heavy atom. The third-order valence-corrected chi connectivity index (χ3v) is 8.43. The van der Waals surface area contributed by atoms with Crippen molar-refractivity contribution in [1.82, 2.24) is 9.71 Å². The van der Waals surface area contributed by atoms with Gasteiger partial charge in [-0.3, -0.25) is 4.57 Å². The summed E-state index contributed by atoms with van der Waals surface area (Å²) in [5.41, 5.74) is -0.0374. The van der Waals surface area contributed by atoms with E-state index in [9.17, 15) is 27.2 Å². The van der Waals surface area contributed by atoms with Crippen molar-refractivity contribution < 1.29 is 31.9 Å². The van der Waals surface area contributed by atoms with Gasteiger partial charge in [-0.1, -0.05) is 6.07 Å². The van der Waals surface area contributed by atoms with Gasteiger partial charge in [-0.25, -0.2) is 17.8 Å². The molecule has 0 saturated heterocycles. The van der Waals surface area contributed by atoms with Crippen molar-refractivity contribution >= 4 is 29.0 Å². The van der Waals surface area contributed by atoms with E-state index >= 15 is 0 Å². The average Bonchev–Trinajstić information content (AvgIpc) is 3.22. The number of nitrogens with zero attached hydrogens (tertiary/aromatic N) is 2.